The Kier molecular flexibility index (Phi) is 4.65. The van der Waals surface area contributed by atoms with Crippen molar-refractivity contribution in [3.8, 4) is 0 Å². The molecular formula is C8H12IN3O4. The van der Waals surface area contributed by atoms with Gasteiger partial charge in [0.15, 0.2) is 0 Å². The number of aliphatic hydroxyl groups excluding tert-OH is 3. The van der Waals surface area contributed by atoms with E-state index >= 15 is 0 Å². The molecule has 5 N–H and O–H groups in total. The van der Waals surface area contributed by atoms with Gasteiger partial charge in [-0.15, -0.1) is 0 Å². The number of H-pyrrole nitrogens is 1. The van der Waals surface area contributed by atoms with E-state index in [1.807, 2.05) is 0 Å². The molecule has 1 heterocycles. The third-order valence-corrected chi connectivity index (χ3v) is 3.09. The Labute approximate surface area is 105 Å². The second-order valence-corrected chi connectivity index (χ2v) is 4.35. The van der Waals surface area contributed by atoms with Crippen LogP contribution in [0.4, 0.5) is 5.82 Å². The van der Waals surface area contributed by atoms with Gasteiger partial charge in [0.25, 0.3) is 5.56 Å². The molecular weight excluding hydrogens is 329 g/mol. The predicted molar refractivity (Wildman–Crippen MR) is 65.2 cm³/mol. The molecule has 0 fully saturated rings. The van der Waals surface area contributed by atoms with Crippen LogP contribution in [0.3, 0.4) is 0 Å². The molecule has 0 saturated heterocycles. The average molecular weight is 341 g/mol. The molecule has 0 atom stereocenters. The average Bonchev–Trinajstić information content (AvgIpc) is 2.32. The van der Waals surface area contributed by atoms with E-state index < -0.39 is 25.4 Å². The van der Waals surface area contributed by atoms with Crippen LogP contribution in [-0.4, -0.2) is 50.6 Å². The van der Waals surface area contributed by atoms with E-state index in [0.29, 0.717) is 3.57 Å². The highest BCUT2D eigenvalue weighted by Gasteiger charge is 2.29. The molecule has 0 unspecified atom stereocenters. The van der Waals surface area contributed by atoms with Crippen molar-refractivity contribution in [3.05, 3.63) is 20.3 Å². The molecule has 8 heteroatoms. The topological polar surface area (TPSA) is 118 Å². The number of anilines is 1. The maximum Gasteiger partial charge on any atom is 0.266 e. The fourth-order valence-corrected chi connectivity index (χ4v) is 1.42. The van der Waals surface area contributed by atoms with Crippen LogP contribution >= 0.6 is 22.6 Å². The Balaban J connectivity index is 3.03. The molecule has 1 aromatic rings. The lowest BCUT2D eigenvalue weighted by molar-refractivity contribution is 0.0830. The van der Waals surface area contributed by atoms with Gasteiger partial charge < -0.3 is 25.6 Å². The molecule has 0 saturated carbocycles. The zero-order valence-electron chi connectivity index (χ0n) is 8.27. The van der Waals surface area contributed by atoms with Crippen molar-refractivity contribution in [3.63, 3.8) is 0 Å². The smallest absolute Gasteiger partial charge is 0.266 e. The van der Waals surface area contributed by atoms with Crippen molar-refractivity contribution in [2.45, 2.75) is 5.54 Å². The summed E-state index contributed by atoms with van der Waals surface area (Å²) in [5.41, 5.74) is -1.62. The summed E-state index contributed by atoms with van der Waals surface area (Å²) < 4.78 is 0.292. The van der Waals surface area contributed by atoms with E-state index in [1.165, 1.54) is 6.33 Å². The number of aromatic nitrogens is 2. The number of halogens is 1. The van der Waals surface area contributed by atoms with Crippen LogP contribution in [0.5, 0.6) is 0 Å². The molecule has 90 valence electrons. The molecule has 0 aromatic carbocycles. The molecule has 0 radical (unpaired) electrons. The summed E-state index contributed by atoms with van der Waals surface area (Å²) in [6.45, 7) is -1.44. The van der Waals surface area contributed by atoms with Crippen LogP contribution in [0.25, 0.3) is 0 Å². The minimum atomic E-state index is -1.29. The fourth-order valence-electron chi connectivity index (χ4n) is 0.990. The van der Waals surface area contributed by atoms with Gasteiger partial charge in [-0.25, -0.2) is 4.98 Å². The van der Waals surface area contributed by atoms with E-state index in [1.54, 1.807) is 22.6 Å². The first-order chi connectivity index (χ1) is 7.58. The molecule has 0 aliphatic carbocycles. The normalized spacial score (nSPS) is 11.5. The van der Waals surface area contributed by atoms with Gasteiger partial charge in [0.1, 0.15) is 14.9 Å². The summed E-state index contributed by atoms with van der Waals surface area (Å²) in [5, 5.41) is 30.0. The van der Waals surface area contributed by atoms with Gasteiger partial charge in [-0.1, -0.05) is 0 Å². The number of hydrogen-bond acceptors (Lipinski definition) is 6. The Morgan fingerprint density at radius 3 is 2.44 bits per heavy atom. The van der Waals surface area contributed by atoms with E-state index in [9.17, 15) is 4.79 Å². The van der Waals surface area contributed by atoms with E-state index in [4.69, 9.17) is 15.3 Å². The van der Waals surface area contributed by atoms with E-state index in [2.05, 4.69) is 15.3 Å². The number of hydrogen-bond donors (Lipinski definition) is 5. The molecule has 0 bridgehead atoms. The SMILES string of the molecule is O=c1[nH]cnc(NC(CO)(CO)CO)c1I. The Morgan fingerprint density at radius 2 is 1.94 bits per heavy atom. The highest BCUT2D eigenvalue weighted by atomic mass is 127. The van der Waals surface area contributed by atoms with Crippen LogP contribution in [-0.2, 0) is 0 Å². The van der Waals surface area contributed by atoms with Crippen LogP contribution < -0.4 is 10.9 Å². The van der Waals surface area contributed by atoms with Crippen molar-refractivity contribution in [2.75, 3.05) is 25.1 Å². The van der Waals surface area contributed by atoms with Gasteiger partial charge in [0.2, 0.25) is 0 Å². The Morgan fingerprint density at radius 1 is 1.38 bits per heavy atom. The zero-order valence-corrected chi connectivity index (χ0v) is 10.4. The highest BCUT2D eigenvalue weighted by molar-refractivity contribution is 14.1. The van der Waals surface area contributed by atoms with Crippen molar-refractivity contribution in [2.24, 2.45) is 0 Å². The zero-order chi connectivity index (χ0) is 12.2. The van der Waals surface area contributed by atoms with Gasteiger partial charge in [0.05, 0.1) is 26.1 Å². The number of rotatable bonds is 5. The molecule has 16 heavy (non-hydrogen) atoms. The monoisotopic (exact) mass is 341 g/mol. The van der Waals surface area contributed by atoms with Crippen molar-refractivity contribution < 1.29 is 15.3 Å². The van der Waals surface area contributed by atoms with Gasteiger partial charge in [-0.2, -0.15) is 0 Å². The summed E-state index contributed by atoms with van der Waals surface area (Å²) in [6, 6.07) is 0. The number of aromatic amines is 1. The lowest BCUT2D eigenvalue weighted by Crippen LogP contribution is -2.50. The van der Waals surface area contributed by atoms with Crippen molar-refractivity contribution in [1.82, 2.24) is 9.97 Å². The van der Waals surface area contributed by atoms with Crippen molar-refractivity contribution >= 4 is 28.4 Å². The lowest BCUT2D eigenvalue weighted by Gasteiger charge is -2.29. The molecule has 1 rings (SSSR count). The summed E-state index contributed by atoms with van der Waals surface area (Å²) in [6.07, 6.45) is 1.20. The number of aliphatic hydroxyl groups is 3. The third kappa shape index (κ3) is 2.70. The maximum atomic E-state index is 11.3. The largest absolute Gasteiger partial charge is 0.394 e. The Hall–Kier alpha value is -0.710. The van der Waals surface area contributed by atoms with Crippen molar-refractivity contribution in [1.29, 1.82) is 0 Å². The summed E-state index contributed by atoms with van der Waals surface area (Å²) in [4.78, 5) is 17.5. The fraction of sp³-hybridized carbons (Fsp3) is 0.500. The molecule has 1 aromatic heterocycles. The lowest BCUT2D eigenvalue weighted by atomic mass is 10.0. The molecule has 0 aliphatic rings. The molecule has 0 aliphatic heterocycles. The van der Waals surface area contributed by atoms with Crippen LogP contribution in [0, 0.1) is 3.57 Å². The first-order valence-electron chi connectivity index (χ1n) is 4.42. The number of nitrogens with zero attached hydrogens (tertiary/aromatic N) is 1. The van der Waals surface area contributed by atoms with Gasteiger partial charge in [0, 0.05) is 0 Å². The summed E-state index contributed by atoms with van der Waals surface area (Å²) >= 11 is 1.78. The Bertz CT molecular complexity index is 396. The van der Waals surface area contributed by atoms with Crippen LogP contribution in [0.1, 0.15) is 0 Å². The quantitative estimate of drug-likeness (QED) is 0.416. The first kappa shape index (κ1) is 13.4. The predicted octanol–water partition coefficient (Wildman–Crippen LogP) is -1.50. The first-order valence-corrected chi connectivity index (χ1v) is 5.50. The van der Waals surface area contributed by atoms with E-state index in [0.717, 1.165) is 0 Å². The standard InChI is InChI=1S/C8H12IN3O4/c9-5-6(10-4-11-7(5)16)12-8(1-13,2-14)3-15/h4,13-15H,1-3H2,(H2,10,11,12,16). The third-order valence-electron chi connectivity index (χ3n) is 2.09. The maximum absolute atomic E-state index is 11.3. The van der Waals surface area contributed by atoms with Gasteiger partial charge in [-0.05, 0) is 22.6 Å². The highest BCUT2D eigenvalue weighted by Crippen LogP contribution is 2.15. The minimum Gasteiger partial charge on any atom is -0.394 e. The summed E-state index contributed by atoms with van der Waals surface area (Å²) in [7, 11) is 0. The van der Waals surface area contributed by atoms with Gasteiger partial charge >= 0.3 is 0 Å². The molecule has 0 spiro atoms. The second-order valence-electron chi connectivity index (χ2n) is 3.27. The second kappa shape index (κ2) is 5.57. The molecule has 0 amide bonds. The summed E-state index contributed by atoms with van der Waals surface area (Å²) in [5.74, 6) is 0.210. The van der Waals surface area contributed by atoms with Crippen LogP contribution in [0.2, 0.25) is 0 Å². The van der Waals surface area contributed by atoms with Crippen LogP contribution in [0.15, 0.2) is 11.1 Å². The minimum absolute atomic E-state index is 0.210. The number of nitrogens with one attached hydrogen (secondary N) is 2. The molecule has 7 nitrogen and oxygen atoms in total. The van der Waals surface area contributed by atoms with E-state index in [-0.39, 0.29) is 11.4 Å². The van der Waals surface area contributed by atoms with Gasteiger partial charge in [-0.3, -0.25) is 4.79 Å².